The molecule has 1 saturated heterocycles. The van der Waals surface area contributed by atoms with Crippen molar-refractivity contribution in [2.45, 2.75) is 38.9 Å². The van der Waals surface area contributed by atoms with Crippen molar-refractivity contribution in [2.75, 3.05) is 26.8 Å². The molecular weight excluding hydrogens is 268 g/mol. The fourth-order valence-electron chi connectivity index (χ4n) is 2.40. The Morgan fingerprint density at radius 1 is 1.53 bits per heavy atom. The first kappa shape index (κ1) is 18.6. The molecule has 1 amide bonds. The lowest BCUT2D eigenvalue weighted by molar-refractivity contribution is -0.123. The fraction of sp³-hybridized carbons (Fsp3) is 0.923. The van der Waals surface area contributed by atoms with Crippen molar-refractivity contribution in [2.24, 2.45) is 17.6 Å². The second-order valence-electron chi connectivity index (χ2n) is 5.23. The van der Waals surface area contributed by atoms with E-state index in [1.807, 2.05) is 0 Å². The van der Waals surface area contributed by atoms with Gasteiger partial charge in [-0.3, -0.25) is 4.79 Å². The van der Waals surface area contributed by atoms with Crippen molar-refractivity contribution in [3.63, 3.8) is 0 Å². The zero-order valence-electron chi connectivity index (χ0n) is 12.1. The van der Waals surface area contributed by atoms with Crippen LogP contribution in [0.3, 0.4) is 0 Å². The average Bonchev–Trinajstić information content (AvgIpc) is 2.81. The summed E-state index contributed by atoms with van der Waals surface area (Å²) in [4.78, 5) is 11.7. The number of ether oxygens (including phenoxy) is 2. The number of nitrogens with one attached hydrogen (secondary N) is 1. The molecule has 0 aromatic heterocycles. The summed E-state index contributed by atoms with van der Waals surface area (Å²) < 4.78 is 10.8. The van der Waals surface area contributed by atoms with Gasteiger partial charge >= 0.3 is 0 Å². The fourth-order valence-corrected chi connectivity index (χ4v) is 2.40. The molecule has 0 radical (unpaired) electrons. The third-order valence-electron chi connectivity index (χ3n) is 3.49. The van der Waals surface area contributed by atoms with Crippen LogP contribution in [0.1, 0.15) is 26.7 Å². The monoisotopic (exact) mass is 294 g/mol. The molecule has 5 nitrogen and oxygen atoms in total. The van der Waals surface area contributed by atoms with E-state index in [1.165, 1.54) is 0 Å². The lowest BCUT2D eigenvalue weighted by Gasteiger charge is -2.22. The first-order chi connectivity index (χ1) is 8.58. The van der Waals surface area contributed by atoms with Gasteiger partial charge in [-0.15, -0.1) is 12.4 Å². The van der Waals surface area contributed by atoms with Crippen molar-refractivity contribution < 1.29 is 14.3 Å². The Labute approximate surface area is 122 Å². The maximum atomic E-state index is 11.7. The summed E-state index contributed by atoms with van der Waals surface area (Å²) in [5.41, 5.74) is 5.49. The van der Waals surface area contributed by atoms with E-state index >= 15 is 0 Å². The van der Waals surface area contributed by atoms with Crippen molar-refractivity contribution in [3.05, 3.63) is 0 Å². The summed E-state index contributed by atoms with van der Waals surface area (Å²) in [7, 11) is 1.57. The van der Waals surface area contributed by atoms with Gasteiger partial charge in [0.2, 0.25) is 5.91 Å². The molecule has 0 saturated carbocycles. The molecular formula is C13H27ClN2O3. The number of hydrogen-bond donors (Lipinski definition) is 2. The zero-order chi connectivity index (χ0) is 13.5. The predicted molar refractivity (Wildman–Crippen MR) is 77.4 cm³/mol. The molecule has 114 valence electrons. The van der Waals surface area contributed by atoms with Gasteiger partial charge in [-0.1, -0.05) is 13.8 Å². The topological polar surface area (TPSA) is 73.6 Å². The van der Waals surface area contributed by atoms with Crippen molar-refractivity contribution >= 4 is 18.3 Å². The van der Waals surface area contributed by atoms with Gasteiger partial charge in [-0.05, 0) is 12.3 Å². The lowest BCUT2D eigenvalue weighted by atomic mass is 9.93. The first-order valence-corrected chi connectivity index (χ1v) is 6.69. The number of methoxy groups -OCH3 is 1. The number of amides is 1. The Kier molecular flexibility index (Phi) is 9.35. The van der Waals surface area contributed by atoms with Crippen LogP contribution in [0.5, 0.6) is 0 Å². The van der Waals surface area contributed by atoms with E-state index in [9.17, 15) is 4.79 Å². The molecule has 0 aromatic rings. The van der Waals surface area contributed by atoms with Crippen LogP contribution in [-0.2, 0) is 14.3 Å². The van der Waals surface area contributed by atoms with Crippen LogP contribution in [0.25, 0.3) is 0 Å². The van der Waals surface area contributed by atoms with E-state index in [1.54, 1.807) is 7.11 Å². The SMILES string of the molecule is COC(CN)CC(=O)NCC1CCOC1C(C)C.Cl. The van der Waals surface area contributed by atoms with Crippen molar-refractivity contribution in [3.8, 4) is 0 Å². The standard InChI is InChI=1S/C13H26N2O3.ClH/c1-9(2)13-10(4-5-18-13)8-15-12(16)6-11(7-14)17-3;/h9-11,13H,4-8,14H2,1-3H3,(H,15,16);1H. The van der Waals surface area contributed by atoms with Crippen molar-refractivity contribution in [1.82, 2.24) is 5.32 Å². The average molecular weight is 295 g/mol. The Balaban J connectivity index is 0.00000324. The Bertz CT molecular complexity index is 260. The van der Waals surface area contributed by atoms with Gasteiger partial charge in [-0.2, -0.15) is 0 Å². The molecule has 1 aliphatic heterocycles. The Morgan fingerprint density at radius 2 is 2.21 bits per heavy atom. The van der Waals surface area contributed by atoms with Gasteiger partial charge < -0.3 is 20.5 Å². The van der Waals surface area contributed by atoms with Crippen LogP contribution in [0.15, 0.2) is 0 Å². The van der Waals surface area contributed by atoms with E-state index in [-0.39, 0.29) is 30.5 Å². The van der Waals surface area contributed by atoms with E-state index in [4.69, 9.17) is 15.2 Å². The van der Waals surface area contributed by atoms with Gasteiger partial charge in [0.1, 0.15) is 0 Å². The minimum Gasteiger partial charge on any atom is -0.380 e. The summed E-state index contributed by atoms with van der Waals surface area (Å²) in [6.45, 7) is 6.15. The van der Waals surface area contributed by atoms with Gasteiger partial charge in [0.25, 0.3) is 0 Å². The first-order valence-electron chi connectivity index (χ1n) is 6.69. The van der Waals surface area contributed by atoms with Crippen LogP contribution in [-0.4, -0.2) is 44.9 Å². The normalized spacial score (nSPS) is 24.1. The Hall–Kier alpha value is -0.360. The zero-order valence-corrected chi connectivity index (χ0v) is 12.9. The summed E-state index contributed by atoms with van der Waals surface area (Å²) in [5, 5.41) is 2.95. The molecule has 19 heavy (non-hydrogen) atoms. The molecule has 6 heteroatoms. The molecule has 0 bridgehead atoms. The van der Waals surface area contributed by atoms with Gasteiger partial charge in [0.05, 0.1) is 18.6 Å². The quantitative estimate of drug-likeness (QED) is 0.733. The van der Waals surface area contributed by atoms with Gasteiger partial charge in [0.15, 0.2) is 0 Å². The minimum atomic E-state index is -0.189. The van der Waals surface area contributed by atoms with E-state index in [0.717, 1.165) is 13.0 Å². The molecule has 0 aliphatic carbocycles. The number of nitrogens with two attached hydrogens (primary N) is 1. The number of hydrogen-bond acceptors (Lipinski definition) is 4. The second-order valence-corrected chi connectivity index (χ2v) is 5.23. The molecule has 1 rings (SSSR count). The molecule has 3 unspecified atom stereocenters. The molecule has 1 fully saturated rings. The summed E-state index contributed by atoms with van der Waals surface area (Å²) in [6, 6.07) is 0. The molecule has 1 aliphatic rings. The highest BCUT2D eigenvalue weighted by atomic mass is 35.5. The number of rotatable bonds is 7. The molecule has 3 N–H and O–H groups in total. The summed E-state index contributed by atoms with van der Waals surface area (Å²) in [5.74, 6) is 0.916. The third-order valence-corrected chi connectivity index (χ3v) is 3.49. The van der Waals surface area contributed by atoms with E-state index in [2.05, 4.69) is 19.2 Å². The highest BCUT2D eigenvalue weighted by Gasteiger charge is 2.30. The van der Waals surface area contributed by atoms with Crippen LogP contribution >= 0.6 is 12.4 Å². The molecule has 0 spiro atoms. The van der Waals surface area contributed by atoms with Crippen molar-refractivity contribution in [1.29, 1.82) is 0 Å². The molecule has 3 atom stereocenters. The second kappa shape index (κ2) is 9.53. The van der Waals surface area contributed by atoms with Crippen LogP contribution in [0.4, 0.5) is 0 Å². The third kappa shape index (κ3) is 6.08. The minimum absolute atomic E-state index is 0. The maximum absolute atomic E-state index is 11.7. The number of carbonyl (C=O) groups is 1. The summed E-state index contributed by atoms with van der Waals surface area (Å²) in [6.07, 6.45) is 1.42. The number of carbonyl (C=O) groups excluding carboxylic acids is 1. The lowest BCUT2D eigenvalue weighted by Crippen LogP contribution is -2.37. The molecule has 0 aromatic carbocycles. The Morgan fingerprint density at radius 3 is 2.74 bits per heavy atom. The van der Waals surface area contributed by atoms with Gasteiger partial charge in [0, 0.05) is 32.7 Å². The van der Waals surface area contributed by atoms with E-state index in [0.29, 0.717) is 31.3 Å². The van der Waals surface area contributed by atoms with Crippen LogP contribution in [0, 0.1) is 11.8 Å². The number of halogens is 1. The summed E-state index contributed by atoms with van der Waals surface area (Å²) >= 11 is 0. The van der Waals surface area contributed by atoms with Crippen LogP contribution < -0.4 is 11.1 Å². The molecule has 1 heterocycles. The van der Waals surface area contributed by atoms with Crippen LogP contribution in [0.2, 0.25) is 0 Å². The maximum Gasteiger partial charge on any atom is 0.222 e. The van der Waals surface area contributed by atoms with Gasteiger partial charge in [-0.25, -0.2) is 0 Å². The highest BCUT2D eigenvalue weighted by Crippen LogP contribution is 2.26. The largest absolute Gasteiger partial charge is 0.380 e. The smallest absolute Gasteiger partial charge is 0.222 e. The highest BCUT2D eigenvalue weighted by molar-refractivity contribution is 5.85. The predicted octanol–water partition coefficient (Wildman–Crippen LogP) is 0.949. The van der Waals surface area contributed by atoms with E-state index < -0.39 is 0 Å².